The van der Waals surface area contributed by atoms with Crippen LogP contribution in [0.3, 0.4) is 0 Å². The summed E-state index contributed by atoms with van der Waals surface area (Å²) in [4.78, 5) is 12.1. The van der Waals surface area contributed by atoms with Crippen LogP contribution in [0.2, 0.25) is 0 Å². The van der Waals surface area contributed by atoms with Crippen molar-refractivity contribution in [1.82, 2.24) is 0 Å². The lowest BCUT2D eigenvalue weighted by Crippen LogP contribution is -2.42. The van der Waals surface area contributed by atoms with Crippen LogP contribution < -0.4 is 5.32 Å². The Morgan fingerprint density at radius 3 is 3.16 bits per heavy atom. The van der Waals surface area contributed by atoms with Gasteiger partial charge >= 0.3 is 5.97 Å². The molecule has 1 aromatic carbocycles. The number of para-hydroxylation sites is 1. The zero-order valence-electron chi connectivity index (χ0n) is 10.8. The fourth-order valence-corrected chi connectivity index (χ4v) is 3.07. The number of fused-ring (bicyclic) bond motifs is 3. The number of carbonyl (C=O) groups excluding carboxylic acids is 1. The summed E-state index contributed by atoms with van der Waals surface area (Å²) in [6, 6.07) is 5.08. The molecule has 0 bridgehead atoms. The second kappa shape index (κ2) is 4.61. The molecule has 4 heteroatoms. The minimum Gasteiger partial charge on any atom is -0.506 e. The molecule has 0 fully saturated rings. The SMILES string of the molecule is CCOC(=O)[C@@H]1Nc2c(O)cccc2[C@H]2C=CC[C@H]21. The monoisotopic (exact) mass is 259 g/mol. The molecule has 1 aliphatic heterocycles. The van der Waals surface area contributed by atoms with E-state index in [2.05, 4.69) is 17.5 Å². The summed E-state index contributed by atoms with van der Waals surface area (Å²) in [5.74, 6) is 0.298. The highest BCUT2D eigenvalue weighted by atomic mass is 16.5. The number of aromatic hydroxyl groups is 1. The molecule has 0 unspecified atom stereocenters. The Morgan fingerprint density at radius 1 is 1.53 bits per heavy atom. The number of hydrogen-bond donors (Lipinski definition) is 2. The zero-order valence-corrected chi connectivity index (χ0v) is 10.8. The first-order chi connectivity index (χ1) is 9.22. The summed E-state index contributed by atoms with van der Waals surface area (Å²) >= 11 is 0. The molecule has 100 valence electrons. The van der Waals surface area contributed by atoms with Crippen molar-refractivity contribution in [3.8, 4) is 5.75 Å². The van der Waals surface area contributed by atoms with Gasteiger partial charge in [0.25, 0.3) is 0 Å². The molecule has 1 aliphatic carbocycles. The Hall–Kier alpha value is -1.97. The third kappa shape index (κ3) is 1.87. The van der Waals surface area contributed by atoms with E-state index in [1.165, 1.54) is 0 Å². The number of anilines is 1. The highest BCUT2D eigenvalue weighted by molar-refractivity contribution is 5.83. The summed E-state index contributed by atoms with van der Waals surface area (Å²) in [5, 5.41) is 13.1. The predicted octanol–water partition coefficient (Wildman–Crippen LogP) is 2.41. The molecule has 0 saturated carbocycles. The van der Waals surface area contributed by atoms with E-state index in [0.717, 1.165) is 12.0 Å². The van der Waals surface area contributed by atoms with Crippen molar-refractivity contribution in [3.63, 3.8) is 0 Å². The standard InChI is InChI=1S/C15H17NO3/c1-2-19-15(18)14-11-6-3-5-9(11)10-7-4-8-12(17)13(10)16-14/h3-5,7-9,11,14,16-17H,2,6H2,1H3/t9-,11-,14-/m1/s1. The summed E-state index contributed by atoms with van der Waals surface area (Å²) in [5.41, 5.74) is 1.72. The predicted molar refractivity (Wildman–Crippen MR) is 72.1 cm³/mol. The lowest BCUT2D eigenvalue weighted by molar-refractivity contribution is -0.145. The van der Waals surface area contributed by atoms with Crippen molar-refractivity contribution < 1.29 is 14.6 Å². The molecule has 3 rings (SSSR count). The van der Waals surface area contributed by atoms with Crippen molar-refractivity contribution in [1.29, 1.82) is 0 Å². The Morgan fingerprint density at radius 2 is 2.37 bits per heavy atom. The van der Waals surface area contributed by atoms with Gasteiger partial charge in [-0.25, -0.2) is 4.79 Å². The van der Waals surface area contributed by atoms with E-state index in [0.29, 0.717) is 12.3 Å². The minimum absolute atomic E-state index is 0.174. The van der Waals surface area contributed by atoms with Crippen LogP contribution in [0.4, 0.5) is 5.69 Å². The van der Waals surface area contributed by atoms with Gasteiger partial charge in [0.1, 0.15) is 11.8 Å². The van der Waals surface area contributed by atoms with Crippen LogP contribution in [0.15, 0.2) is 30.4 Å². The number of esters is 1. The van der Waals surface area contributed by atoms with Crippen molar-refractivity contribution in [2.45, 2.75) is 25.3 Å². The van der Waals surface area contributed by atoms with E-state index in [1.807, 2.05) is 12.1 Å². The van der Waals surface area contributed by atoms with Crippen molar-refractivity contribution >= 4 is 11.7 Å². The molecule has 3 atom stereocenters. The van der Waals surface area contributed by atoms with E-state index in [4.69, 9.17) is 4.74 Å². The number of carbonyl (C=O) groups is 1. The highest BCUT2D eigenvalue weighted by Crippen LogP contribution is 2.47. The van der Waals surface area contributed by atoms with Gasteiger partial charge in [0.15, 0.2) is 0 Å². The normalized spacial score (nSPS) is 27.3. The molecule has 1 aromatic rings. The molecular formula is C15H17NO3. The summed E-state index contributed by atoms with van der Waals surface area (Å²) < 4.78 is 5.13. The topological polar surface area (TPSA) is 58.6 Å². The van der Waals surface area contributed by atoms with E-state index in [9.17, 15) is 9.90 Å². The largest absolute Gasteiger partial charge is 0.506 e. The minimum atomic E-state index is -0.388. The fraction of sp³-hybridized carbons (Fsp3) is 0.400. The summed E-state index contributed by atoms with van der Waals surface area (Å²) in [6.45, 7) is 2.17. The number of nitrogens with one attached hydrogen (secondary N) is 1. The number of phenolic OH excluding ortho intramolecular Hbond substituents is 1. The first-order valence-electron chi connectivity index (χ1n) is 6.64. The van der Waals surface area contributed by atoms with Gasteiger partial charge < -0.3 is 15.2 Å². The van der Waals surface area contributed by atoms with Gasteiger partial charge in [0, 0.05) is 11.8 Å². The molecule has 4 nitrogen and oxygen atoms in total. The van der Waals surface area contributed by atoms with Crippen LogP contribution in [0.25, 0.3) is 0 Å². The maximum Gasteiger partial charge on any atom is 0.328 e. The van der Waals surface area contributed by atoms with E-state index >= 15 is 0 Å². The maximum atomic E-state index is 12.1. The molecule has 0 amide bonds. The number of ether oxygens (including phenoxy) is 1. The average Bonchev–Trinajstić information content (AvgIpc) is 2.88. The molecule has 0 spiro atoms. The Bertz CT molecular complexity index is 538. The smallest absolute Gasteiger partial charge is 0.328 e. The van der Waals surface area contributed by atoms with Gasteiger partial charge in [0.2, 0.25) is 0 Å². The third-order valence-electron chi connectivity index (χ3n) is 3.92. The van der Waals surface area contributed by atoms with E-state index < -0.39 is 0 Å². The van der Waals surface area contributed by atoms with Crippen molar-refractivity contribution in [3.05, 3.63) is 35.9 Å². The maximum absolute atomic E-state index is 12.1. The Labute approximate surface area is 112 Å². The highest BCUT2D eigenvalue weighted by Gasteiger charge is 2.42. The Balaban J connectivity index is 2.00. The molecule has 19 heavy (non-hydrogen) atoms. The van der Waals surface area contributed by atoms with Gasteiger partial charge in [-0.1, -0.05) is 24.3 Å². The van der Waals surface area contributed by atoms with Crippen LogP contribution in [-0.2, 0) is 9.53 Å². The van der Waals surface area contributed by atoms with Crippen LogP contribution >= 0.6 is 0 Å². The molecule has 0 saturated heterocycles. The van der Waals surface area contributed by atoms with Gasteiger partial charge in [-0.05, 0) is 25.0 Å². The van der Waals surface area contributed by atoms with E-state index in [-0.39, 0.29) is 29.6 Å². The molecule has 1 heterocycles. The zero-order chi connectivity index (χ0) is 13.4. The van der Waals surface area contributed by atoms with Crippen molar-refractivity contribution in [2.24, 2.45) is 5.92 Å². The number of benzene rings is 1. The molecule has 2 N–H and O–H groups in total. The first kappa shape index (κ1) is 12.1. The molecular weight excluding hydrogens is 242 g/mol. The van der Waals surface area contributed by atoms with Crippen LogP contribution in [0.1, 0.15) is 24.8 Å². The summed E-state index contributed by atoms with van der Waals surface area (Å²) in [7, 11) is 0. The van der Waals surface area contributed by atoms with Crippen LogP contribution in [-0.4, -0.2) is 23.7 Å². The molecule has 0 aromatic heterocycles. The number of allylic oxidation sites excluding steroid dienone is 2. The van der Waals surface area contributed by atoms with Crippen LogP contribution in [0, 0.1) is 5.92 Å². The number of rotatable bonds is 2. The quantitative estimate of drug-likeness (QED) is 0.486. The second-order valence-electron chi connectivity index (χ2n) is 4.97. The lowest BCUT2D eigenvalue weighted by Gasteiger charge is -2.35. The van der Waals surface area contributed by atoms with Crippen LogP contribution in [0.5, 0.6) is 5.75 Å². The Kier molecular flexibility index (Phi) is 2.93. The van der Waals surface area contributed by atoms with Gasteiger partial charge in [-0.3, -0.25) is 0 Å². The summed E-state index contributed by atoms with van der Waals surface area (Å²) in [6.07, 6.45) is 5.08. The lowest BCUT2D eigenvalue weighted by atomic mass is 9.79. The fourth-order valence-electron chi connectivity index (χ4n) is 3.07. The van der Waals surface area contributed by atoms with Crippen molar-refractivity contribution in [2.75, 3.05) is 11.9 Å². The average molecular weight is 259 g/mol. The molecule has 2 aliphatic rings. The van der Waals surface area contributed by atoms with Gasteiger partial charge in [0.05, 0.1) is 12.3 Å². The number of hydrogen-bond acceptors (Lipinski definition) is 4. The van der Waals surface area contributed by atoms with Gasteiger partial charge in [-0.15, -0.1) is 0 Å². The second-order valence-corrected chi connectivity index (χ2v) is 4.97. The first-order valence-corrected chi connectivity index (χ1v) is 6.64. The number of phenols is 1. The van der Waals surface area contributed by atoms with E-state index in [1.54, 1.807) is 13.0 Å². The molecule has 0 radical (unpaired) electrons. The van der Waals surface area contributed by atoms with Gasteiger partial charge in [-0.2, -0.15) is 0 Å². The third-order valence-corrected chi connectivity index (χ3v) is 3.92.